The zero-order chi connectivity index (χ0) is 10.7. The molecule has 1 rings (SSSR count). The van der Waals surface area contributed by atoms with Crippen molar-refractivity contribution in [2.75, 3.05) is 7.11 Å². The average Bonchev–Trinajstić information content (AvgIpc) is 2.14. The predicted octanol–water partition coefficient (Wildman–Crippen LogP) is 3.58. The van der Waals surface area contributed by atoms with Gasteiger partial charge in [0.2, 0.25) is 0 Å². The maximum atomic E-state index is 11.0. The van der Waals surface area contributed by atoms with Gasteiger partial charge in [-0.2, -0.15) is 0 Å². The molecule has 0 spiro atoms. The van der Waals surface area contributed by atoms with Crippen LogP contribution in [0.1, 0.15) is 5.56 Å². The molecule has 0 aromatic heterocycles. The first kappa shape index (κ1) is 12.0. The van der Waals surface area contributed by atoms with E-state index >= 15 is 0 Å². The van der Waals surface area contributed by atoms with Crippen LogP contribution in [0.5, 0.6) is 0 Å². The normalized spacial score (nSPS) is 10.0. The molecule has 0 aliphatic heterocycles. The highest BCUT2D eigenvalue weighted by Crippen LogP contribution is 2.29. The Hall–Kier alpha value is -0.0600. The van der Waals surface area contributed by atoms with E-state index < -0.39 is 0 Å². The highest BCUT2D eigenvalue weighted by Gasteiger charge is 2.09. The number of esters is 1. The maximum absolute atomic E-state index is 11.0. The van der Waals surface area contributed by atoms with Gasteiger partial charge in [0.1, 0.15) is 0 Å². The molecule has 0 amide bonds. The average molecular weight is 342 g/mol. The van der Waals surface area contributed by atoms with Crippen LogP contribution in [0.2, 0.25) is 5.02 Å². The lowest BCUT2D eigenvalue weighted by molar-refractivity contribution is -0.139. The molecule has 5 heteroatoms. The fraction of sp³-hybridized carbons (Fsp3) is 0.222. The van der Waals surface area contributed by atoms with E-state index in [1.165, 1.54) is 7.11 Å². The van der Waals surface area contributed by atoms with Crippen LogP contribution in [-0.4, -0.2) is 13.1 Å². The quantitative estimate of drug-likeness (QED) is 0.607. The van der Waals surface area contributed by atoms with Crippen LogP contribution in [0.25, 0.3) is 0 Å². The van der Waals surface area contributed by atoms with Gasteiger partial charge < -0.3 is 4.74 Å². The van der Waals surface area contributed by atoms with Gasteiger partial charge in [0.15, 0.2) is 0 Å². The zero-order valence-corrected chi connectivity index (χ0v) is 11.2. The Morgan fingerprint density at radius 1 is 1.43 bits per heavy atom. The van der Waals surface area contributed by atoms with Gasteiger partial charge >= 0.3 is 5.97 Å². The SMILES string of the molecule is COC(=O)Cc1cc(Br)c(Cl)cc1Br. The van der Waals surface area contributed by atoms with Crippen molar-refractivity contribution in [3.63, 3.8) is 0 Å². The molecule has 0 heterocycles. The number of rotatable bonds is 2. The third-order valence-electron chi connectivity index (χ3n) is 1.65. The number of hydrogen-bond donors (Lipinski definition) is 0. The Bertz CT molecular complexity index is 366. The van der Waals surface area contributed by atoms with Crippen LogP contribution in [0.4, 0.5) is 0 Å². The lowest BCUT2D eigenvalue weighted by Crippen LogP contribution is -2.05. The smallest absolute Gasteiger partial charge is 0.310 e. The molecule has 0 saturated heterocycles. The van der Waals surface area contributed by atoms with Crippen LogP contribution in [-0.2, 0) is 16.0 Å². The molecule has 1 aromatic rings. The maximum Gasteiger partial charge on any atom is 0.310 e. The van der Waals surface area contributed by atoms with Crippen LogP contribution in [0.15, 0.2) is 21.1 Å². The summed E-state index contributed by atoms with van der Waals surface area (Å²) in [5.74, 6) is -0.278. The molecule has 0 fully saturated rings. The summed E-state index contributed by atoms with van der Waals surface area (Å²) in [6.07, 6.45) is 0.229. The zero-order valence-electron chi connectivity index (χ0n) is 7.31. The molecule has 0 saturated carbocycles. The molecule has 2 nitrogen and oxygen atoms in total. The predicted molar refractivity (Wildman–Crippen MR) is 62.6 cm³/mol. The van der Waals surface area contributed by atoms with E-state index in [0.717, 1.165) is 14.5 Å². The first-order valence-electron chi connectivity index (χ1n) is 3.75. The monoisotopic (exact) mass is 340 g/mol. The standard InChI is InChI=1S/C9H7Br2ClO2/c1-14-9(13)3-5-2-7(11)8(12)4-6(5)10/h2,4H,3H2,1H3. The van der Waals surface area contributed by atoms with Gasteiger partial charge in [-0.15, -0.1) is 0 Å². The summed E-state index contributed by atoms with van der Waals surface area (Å²) in [6.45, 7) is 0. The Kier molecular flexibility index (Phi) is 4.41. The van der Waals surface area contributed by atoms with E-state index in [1.807, 2.05) is 0 Å². The summed E-state index contributed by atoms with van der Waals surface area (Å²) in [6, 6.07) is 3.53. The second-order valence-corrected chi connectivity index (χ2v) is 4.73. The van der Waals surface area contributed by atoms with E-state index in [0.29, 0.717) is 5.02 Å². The highest BCUT2D eigenvalue weighted by molar-refractivity contribution is 9.11. The molecular weight excluding hydrogens is 335 g/mol. The van der Waals surface area contributed by atoms with Crippen molar-refractivity contribution in [1.82, 2.24) is 0 Å². The third-order valence-corrected chi connectivity index (χ3v) is 3.59. The van der Waals surface area contributed by atoms with Crippen molar-refractivity contribution >= 4 is 49.4 Å². The van der Waals surface area contributed by atoms with Gasteiger partial charge in [-0.3, -0.25) is 4.79 Å². The number of carbonyl (C=O) groups excluding carboxylic acids is 1. The second-order valence-electron chi connectivity index (χ2n) is 2.61. The van der Waals surface area contributed by atoms with E-state index in [1.54, 1.807) is 12.1 Å². The van der Waals surface area contributed by atoms with Crippen LogP contribution >= 0.6 is 43.5 Å². The molecule has 0 aliphatic rings. The fourth-order valence-corrected chi connectivity index (χ4v) is 2.10. The minimum absolute atomic E-state index is 0.229. The van der Waals surface area contributed by atoms with Crippen molar-refractivity contribution in [2.45, 2.75) is 6.42 Å². The van der Waals surface area contributed by atoms with Gasteiger partial charge in [-0.1, -0.05) is 27.5 Å². The lowest BCUT2D eigenvalue weighted by atomic mass is 10.1. The Balaban J connectivity index is 2.98. The minimum atomic E-state index is -0.278. The summed E-state index contributed by atoms with van der Waals surface area (Å²) >= 11 is 12.5. The van der Waals surface area contributed by atoms with Crippen LogP contribution in [0, 0.1) is 0 Å². The van der Waals surface area contributed by atoms with E-state index in [4.69, 9.17) is 11.6 Å². The highest BCUT2D eigenvalue weighted by atomic mass is 79.9. The molecule has 0 N–H and O–H groups in total. The first-order chi connectivity index (χ1) is 6.54. The second kappa shape index (κ2) is 5.14. The van der Waals surface area contributed by atoms with Crippen LogP contribution in [0.3, 0.4) is 0 Å². The first-order valence-corrected chi connectivity index (χ1v) is 5.71. The third kappa shape index (κ3) is 2.97. The van der Waals surface area contributed by atoms with Crippen molar-refractivity contribution in [3.8, 4) is 0 Å². The summed E-state index contributed by atoms with van der Waals surface area (Å²) < 4.78 is 6.14. The molecule has 0 unspecified atom stereocenters. The number of halogens is 3. The molecule has 0 aliphatic carbocycles. The molecule has 76 valence electrons. The summed E-state index contributed by atoms with van der Waals surface area (Å²) in [5.41, 5.74) is 0.841. The molecule has 0 atom stereocenters. The van der Waals surface area contributed by atoms with Crippen molar-refractivity contribution in [1.29, 1.82) is 0 Å². The van der Waals surface area contributed by atoms with E-state index in [9.17, 15) is 4.79 Å². The Morgan fingerprint density at radius 2 is 2.07 bits per heavy atom. The number of carbonyl (C=O) groups is 1. The van der Waals surface area contributed by atoms with Gasteiger partial charge in [0.25, 0.3) is 0 Å². The summed E-state index contributed by atoms with van der Waals surface area (Å²) in [4.78, 5) is 11.0. The lowest BCUT2D eigenvalue weighted by Gasteiger charge is -2.05. The van der Waals surface area contributed by atoms with Crippen LogP contribution < -0.4 is 0 Å². The Morgan fingerprint density at radius 3 is 2.64 bits per heavy atom. The number of benzene rings is 1. The summed E-state index contributed by atoms with van der Waals surface area (Å²) in [7, 11) is 1.36. The van der Waals surface area contributed by atoms with Gasteiger partial charge in [-0.05, 0) is 33.6 Å². The number of hydrogen-bond acceptors (Lipinski definition) is 2. The van der Waals surface area contributed by atoms with Gasteiger partial charge in [-0.25, -0.2) is 0 Å². The summed E-state index contributed by atoms with van der Waals surface area (Å²) in [5, 5.41) is 0.602. The number of ether oxygens (including phenoxy) is 1. The van der Waals surface area contributed by atoms with Gasteiger partial charge in [0.05, 0.1) is 18.6 Å². The van der Waals surface area contributed by atoms with Gasteiger partial charge in [0, 0.05) is 8.95 Å². The van der Waals surface area contributed by atoms with Crippen molar-refractivity contribution in [3.05, 3.63) is 31.7 Å². The van der Waals surface area contributed by atoms with E-state index in [-0.39, 0.29) is 12.4 Å². The topological polar surface area (TPSA) is 26.3 Å². The molecule has 14 heavy (non-hydrogen) atoms. The largest absolute Gasteiger partial charge is 0.469 e. The molecule has 0 bridgehead atoms. The fourth-order valence-electron chi connectivity index (χ4n) is 0.927. The molecular formula is C9H7Br2ClO2. The molecule has 0 radical (unpaired) electrons. The molecule has 1 aromatic carbocycles. The van der Waals surface area contributed by atoms with Crippen molar-refractivity contribution in [2.24, 2.45) is 0 Å². The minimum Gasteiger partial charge on any atom is -0.469 e. The van der Waals surface area contributed by atoms with Crippen molar-refractivity contribution < 1.29 is 9.53 Å². The Labute approximate surface area is 104 Å². The van der Waals surface area contributed by atoms with E-state index in [2.05, 4.69) is 36.6 Å². The number of methoxy groups -OCH3 is 1.